The third-order valence-electron chi connectivity index (χ3n) is 4.21. The van der Waals surface area contributed by atoms with Crippen LogP contribution in [0.2, 0.25) is 5.02 Å². The van der Waals surface area contributed by atoms with Crippen LogP contribution in [0.15, 0.2) is 42.6 Å². The number of hydrogen-bond acceptors (Lipinski definition) is 5. The quantitative estimate of drug-likeness (QED) is 0.420. The first kappa shape index (κ1) is 23.5. The molecule has 0 bridgehead atoms. The van der Waals surface area contributed by atoms with Gasteiger partial charge in [-0.3, -0.25) is 15.0 Å². The van der Waals surface area contributed by atoms with E-state index in [4.69, 9.17) is 16.7 Å². The third-order valence-corrected chi connectivity index (χ3v) is 4.51. The number of para-hydroxylation sites is 1. The van der Waals surface area contributed by atoms with Gasteiger partial charge in [-0.25, -0.2) is 19.9 Å². The second kappa shape index (κ2) is 9.16. The summed E-state index contributed by atoms with van der Waals surface area (Å²) in [5.41, 5.74) is 1.86. The van der Waals surface area contributed by atoms with Gasteiger partial charge in [-0.2, -0.15) is 18.3 Å². The minimum atomic E-state index is -4.86. The molecule has 0 aliphatic heterocycles. The van der Waals surface area contributed by atoms with Crippen molar-refractivity contribution in [2.45, 2.75) is 13.1 Å². The number of pyridine rings is 1. The zero-order chi connectivity index (χ0) is 24.3. The normalized spacial score (nSPS) is 11.1. The molecule has 0 unspecified atom stereocenters. The van der Waals surface area contributed by atoms with Crippen LogP contribution >= 0.6 is 11.6 Å². The van der Waals surface area contributed by atoms with Gasteiger partial charge in [-0.05, 0) is 30.7 Å². The van der Waals surface area contributed by atoms with Crippen LogP contribution in [0.1, 0.15) is 32.1 Å². The molecule has 0 aliphatic rings. The molecule has 1 aromatic carbocycles. The molecule has 0 aliphatic carbocycles. The van der Waals surface area contributed by atoms with Crippen molar-refractivity contribution in [2.75, 3.05) is 5.32 Å². The molecule has 3 rings (SSSR count). The van der Waals surface area contributed by atoms with Crippen molar-refractivity contribution in [2.24, 2.45) is 0 Å². The molecular formula is C19H14ClF3N6O4. The Morgan fingerprint density at radius 3 is 2.45 bits per heavy atom. The molecule has 0 radical (unpaired) electrons. The predicted octanol–water partition coefficient (Wildman–Crippen LogP) is 3.41. The van der Waals surface area contributed by atoms with Gasteiger partial charge in [0.2, 0.25) is 0 Å². The first-order valence-corrected chi connectivity index (χ1v) is 9.35. The molecule has 0 atom stereocenters. The van der Waals surface area contributed by atoms with Gasteiger partial charge in [0.05, 0.1) is 16.3 Å². The maximum absolute atomic E-state index is 13.3. The minimum absolute atomic E-state index is 0.0550. The molecule has 2 heterocycles. The Labute approximate surface area is 188 Å². The first-order valence-electron chi connectivity index (χ1n) is 8.97. The standard InChI is InChI=1S/C19H14ClF3N6O4/c1-9-4-2-5-10(16(30)26-27-18(32)33)14(9)25-17(31)12-8-13(19(21,22)23)28-29(12)15-11(20)6-3-7-24-15/h2-8,27H,1H3,(H,25,31)(H,26,30)(H,32,33). The van der Waals surface area contributed by atoms with E-state index in [9.17, 15) is 27.6 Å². The van der Waals surface area contributed by atoms with Crippen LogP contribution in [0, 0.1) is 6.92 Å². The van der Waals surface area contributed by atoms with Crippen LogP contribution < -0.4 is 16.2 Å². The van der Waals surface area contributed by atoms with Crippen LogP contribution in [-0.4, -0.2) is 37.8 Å². The number of rotatable bonds is 4. The predicted molar refractivity (Wildman–Crippen MR) is 109 cm³/mol. The number of anilines is 1. The summed E-state index contributed by atoms with van der Waals surface area (Å²) in [7, 11) is 0. The number of hydrazine groups is 1. The highest BCUT2D eigenvalue weighted by molar-refractivity contribution is 6.32. The van der Waals surface area contributed by atoms with Gasteiger partial charge in [-0.1, -0.05) is 23.7 Å². The molecule has 33 heavy (non-hydrogen) atoms. The molecule has 14 heteroatoms. The Kier molecular flexibility index (Phi) is 6.53. The molecule has 3 amide bonds. The smallest absolute Gasteiger partial charge is 0.435 e. The Balaban J connectivity index is 2.04. The fourth-order valence-corrected chi connectivity index (χ4v) is 2.96. The van der Waals surface area contributed by atoms with Crippen LogP contribution in [0.3, 0.4) is 0 Å². The van der Waals surface area contributed by atoms with Gasteiger partial charge >= 0.3 is 12.3 Å². The molecule has 0 saturated heterocycles. The SMILES string of the molecule is Cc1cccc(C(=O)NNC(=O)O)c1NC(=O)c1cc(C(F)(F)F)nn1-c1ncccc1Cl. The number of nitrogens with one attached hydrogen (secondary N) is 3. The summed E-state index contributed by atoms with van der Waals surface area (Å²) < 4.78 is 40.6. The second-order valence-corrected chi connectivity index (χ2v) is 6.88. The summed E-state index contributed by atoms with van der Waals surface area (Å²) in [6.07, 6.45) is -5.13. The summed E-state index contributed by atoms with van der Waals surface area (Å²) >= 11 is 6.03. The van der Waals surface area contributed by atoms with Crippen LogP contribution in [0.4, 0.5) is 23.7 Å². The molecule has 0 fully saturated rings. The highest BCUT2D eigenvalue weighted by Crippen LogP contribution is 2.31. The molecule has 2 aromatic heterocycles. The number of amides is 3. The van der Waals surface area contributed by atoms with Gasteiger partial charge in [0.15, 0.2) is 11.5 Å². The lowest BCUT2D eigenvalue weighted by atomic mass is 10.1. The Bertz CT molecular complexity index is 1240. The number of alkyl halides is 3. The number of halogens is 4. The largest absolute Gasteiger partial charge is 0.464 e. The molecule has 10 nitrogen and oxygen atoms in total. The number of benzene rings is 1. The first-order chi connectivity index (χ1) is 15.5. The van der Waals surface area contributed by atoms with Crippen molar-refractivity contribution in [1.82, 2.24) is 25.6 Å². The maximum Gasteiger partial charge on any atom is 0.435 e. The van der Waals surface area contributed by atoms with Gasteiger partial charge in [0.1, 0.15) is 5.69 Å². The van der Waals surface area contributed by atoms with E-state index in [1.807, 2.05) is 5.43 Å². The van der Waals surface area contributed by atoms with E-state index in [0.717, 1.165) is 0 Å². The number of aryl methyl sites for hydroxylation is 1. The Morgan fingerprint density at radius 1 is 1.09 bits per heavy atom. The fourth-order valence-electron chi connectivity index (χ4n) is 2.75. The molecule has 0 spiro atoms. The van der Waals surface area contributed by atoms with E-state index in [1.165, 1.54) is 43.5 Å². The van der Waals surface area contributed by atoms with Crippen molar-refractivity contribution in [3.05, 3.63) is 70.1 Å². The Morgan fingerprint density at radius 2 is 1.82 bits per heavy atom. The molecule has 172 valence electrons. The Hall–Kier alpha value is -4.13. The highest BCUT2D eigenvalue weighted by atomic mass is 35.5. The van der Waals surface area contributed by atoms with Crippen LogP contribution in [0.25, 0.3) is 5.82 Å². The van der Waals surface area contributed by atoms with Crippen molar-refractivity contribution >= 4 is 35.2 Å². The van der Waals surface area contributed by atoms with Crippen LogP contribution in [-0.2, 0) is 6.18 Å². The summed E-state index contributed by atoms with van der Waals surface area (Å²) in [4.78, 5) is 39.8. The van der Waals surface area contributed by atoms with E-state index in [1.54, 1.807) is 5.43 Å². The average Bonchev–Trinajstić information content (AvgIpc) is 3.19. The lowest BCUT2D eigenvalue weighted by Crippen LogP contribution is -2.41. The summed E-state index contributed by atoms with van der Waals surface area (Å²) in [5.74, 6) is -2.17. The van der Waals surface area contributed by atoms with Crippen molar-refractivity contribution in [3.63, 3.8) is 0 Å². The van der Waals surface area contributed by atoms with Crippen molar-refractivity contribution in [1.29, 1.82) is 0 Å². The van der Waals surface area contributed by atoms with Crippen LogP contribution in [0.5, 0.6) is 0 Å². The number of carbonyl (C=O) groups excluding carboxylic acids is 2. The third kappa shape index (κ3) is 5.20. The number of carboxylic acid groups (broad SMARTS) is 1. The maximum atomic E-state index is 13.3. The summed E-state index contributed by atoms with van der Waals surface area (Å²) in [6, 6.07) is 7.62. The molecule has 0 saturated carbocycles. The average molecular weight is 483 g/mol. The summed E-state index contributed by atoms with van der Waals surface area (Å²) in [6.45, 7) is 1.53. The fraction of sp³-hybridized carbons (Fsp3) is 0.105. The van der Waals surface area contributed by atoms with E-state index < -0.39 is 35.5 Å². The van der Waals surface area contributed by atoms with E-state index in [2.05, 4.69) is 15.4 Å². The van der Waals surface area contributed by atoms with E-state index in [0.29, 0.717) is 16.3 Å². The highest BCUT2D eigenvalue weighted by Gasteiger charge is 2.36. The number of hydrogen-bond donors (Lipinski definition) is 4. The zero-order valence-corrected chi connectivity index (χ0v) is 17.3. The molecule has 3 aromatic rings. The second-order valence-electron chi connectivity index (χ2n) is 6.47. The number of nitrogens with zero attached hydrogens (tertiary/aromatic N) is 3. The van der Waals surface area contributed by atoms with Crippen molar-refractivity contribution < 1.29 is 32.7 Å². The van der Waals surface area contributed by atoms with Gasteiger partial charge in [-0.15, -0.1) is 0 Å². The van der Waals surface area contributed by atoms with Gasteiger partial charge in [0, 0.05) is 12.3 Å². The van der Waals surface area contributed by atoms with Gasteiger partial charge in [0.25, 0.3) is 11.8 Å². The lowest BCUT2D eigenvalue weighted by Gasteiger charge is -2.14. The van der Waals surface area contributed by atoms with Gasteiger partial charge < -0.3 is 10.4 Å². The van der Waals surface area contributed by atoms with Crippen molar-refractivity contribution in [3.8, 4) is 5.82 Å². The molecule has 4 N–H and O–H groups in total. The topological polar surface area (TPSA) is 138 Å². The zero-order valence-electron chi connectivity index (χ0n) is 16.6. The van der Waals surface area contributed by atoms with E-state index in [-0.39, 0.29) is 22.1 Å². The number of carbonyl (C=O) groups is 3. The van der Waals surface area contributed by atoms with E-state index >= 15 is 0 Å². The minimum Gasteiger partial charge on any atom is -0.464 e. The molecular weight excluding hydrogens is 469 g/mol. The lowest BCUT2D eigenvalue weighted by molar-refractivity contribution is -0.141. The summed E-state index contributed by atoms with van der Waals surface area (Å²) in [5, 5.41) is 14.4. The number of aromatic nitrogens is 3. The monoisotopic (exact) mass is 482 g/mol.